The molecular weight excluding hydrogens is 429 g/mol. The van der Waals surface area contributed by atoms with E-state index in [1.54, 1.807) is 0 Å². The van der Waals surface area contributed by atoms with Crippen LogP contribution in [0.3, 0.4) is 0 Å². The average molecular weight is 459 g/mol. The number of nitrogens with one attached hydrogen (secondary N) is 1. The summed E-state index contributed by atoms with van der Waals surface area (Å²) in [5.41, 5.74) is 1.32. The van der Waals surface area contributed by atoms with E-state index >= 15 is 0 Å². The van der Waals surface area contributed by atoms with Crippen LogP contribution in [-0.2, 0) is 14.9 Å². The fourth-order valence-electron chi connectivity index (χ4n) is 3.12. The van der Waals surface area contributed by atoms with Crippen LogP contribution in [-0.4, -0.2) is 50.6 Å². The highest BCUT2D eigenvalue weighted by molar-refractivity contribution is 14.0. The molecule has 0 unspecified atom stereocenters. The molecular formula is C19H30IN3O2. The zero-order valence-electron chi connectivity index (χ0n) is 15.6. The van der Waals surface area contributed by atoms with E-state index in [0.29, 0.717) is 0 Å². The largest absolute Gasteiger partial charge is 0.469 e. The molecule has 1 aromatic carbocycles. The van der Waals surface area contributed by atoms with Gasteiger partial charge in [0.1, 0.15) is 0 Å². The van der Waals surface area contributed by atoms with Gasteiger partial charge < -0.3 is 15.0 Å². The van der Waals surface area contributed by atoms with E-state index in [-0.39, 0.29) is 41.3 Å². The topological polar surface area (TPSA) is 53.9 Å². The first-order chi connectivity index (χ1) is 11.5. The van der Waals surface area contributed by atoms with E-state index in [0.717, 1.165) is 38.4 Å². The van der Waals surface area contributed by atoms with Gasteiger partial charge in [-0.25, -0.2) is 0 Å². The average Bonchev–Trinajstić information content (AvgIpc) is 2.62. The number of benzene rings is 1. The number of rotatable bonds is 4. The Hall–Kier alpha value is -1.31. The molecule has 0 bridgehead atoms. The number of methoxy groups -OCH3 is 1. The molecule has 0 atom stereocenters. The van der Waals surface area contributed by atoms with Crippen LogP contribution in [0.5, 0.6) is 0 Å². The van der Waals surface area contributed by atoms with Gasteiger partial charge in [0, 0.05) is 32.1 Å². The molecule has 25 heavy (non-hydrogen) atoms. The Morgan fingerprint density at radius 3 is 2.40 bits per heavy atom. The van der Waals surface area contributed by atoms with Gasteiger partial charge in [-0.1, -0.05) is 44.2 Å². The van der Waals surface area contributed by atoms with Crippen molar-refractivity contribution < 1.29 is 9.53 Å². The number of halogens is 1. The maximum Gasteiger partial charge on any atom is 0.308 e. The number of hydrogen-bond acceptors (Lipinski definition) is 3. The molecule has 1 N–H and O–H groups in total. The zero-order valence-corrected chi connectivity index (χ0v) is 17.9. The van der Waals surface area contributed by atoms with Gasteiger partial charge in [-0.05, 0) is 18.4 Å². The minimum absolute atomic E-state index is 0. The van der Waals surface area contributed by atoms with Crippen LogP contribution in [0, 0.1) is 5.92 Å². The third-order valence-corrected chi connectivity index (χ3v) is 4.78. The summed E-state index contributed by atoms with van der Waals surface area (Å²) in [4.78, 5) is 18.3. The molecule has 1 heterocycles. The van der Waals surface area contributed by atoms with Crippen molar-refractivity contribution in [2.24, 2.45) is 10.9 Å². The highest BCUT2D eigenvalue weighted by atomic mass is 127. The molecule has 0 spiro atoms. The van der Waals surface area contributed by atoms with Crippen molar-refractivity contribution in [1.82, 2.24) is 10.2 Å². The van der Waals surface area contributed by atoms with Crippen LogP contribution in [0.25, 0.3) is 0 Å². The minimum Gasteiger partial charge on any atom is -0.469 e. The predicted molar refractivity (Wildman–Crippen MR) is 113 cm³/mol. The maximum atomic E-state index is 11.6. The van der Waals surface area contributed by atoms with Gasteiger partial charge in [0.2, 0.25) is 0 Å². The molecule has 0 amide bonds. The molecule has 1 fully saturated rings. The van der Waals surface area contributed by atoms with Crippen molar-refractivity contribution in [2.45, 2.75) is 32.1 Å². The molecule has 5 nitrogen and oxygen atoms in total. The van der Waals surface area contributed by atoms with Gasteiger partial charge in [0.05, 0.1) is 13.0 Å². The minimum atomic E-state index is -0.0946. The Labute approximate surface area is 168 Å². The molecule has 2 rings (SSSR count). The van der Waals surface area contributed by atoms with E-state index < -0.39 is 0 Å². The molecule has 1 aliphatic rings. The highest BCUT2D eigenvalue weighted by Crippen LogP contribution is 2.22. The first-order valence-electron chi connectivity index (χ1n) is 8.57. The number of ether oxygens (including phenoxy) is 1. The van der Waals surface area contributed by atoms with Crippen molar-refractivity contribution in [1.29, 1.82) is 0 Å². The van der Waals surface area contributed by atoms with E-state index in [1.165, 1.54) is 12.7 Å². The standard InChI is InChI=1S/C19H29N3O2.HI/c1-19(2,16-8-6-5-7-9-16)14-21-18(20-3)22-12-10-15(11-13-22)17(23)24-4;/h5-9,15H,10-14H2,1-4H3,(H,20,21);1H. The number of piperidine rings is 1. The van der Waals surface area contributed by atoms with Gasteiger partial charge in [-0.2, -0.15) is 0 Å². The molecule has 0 saturated carbocycles. The normalized spacial score (nSPS) is 16.2. The summed E-state index contributed by atoms with van der Waals surface area (Å²) in [6, 6.07) is 10.5. The number of nitrogens with zero attached hydrogens (tertiary/aromatic N) is 2. The lowest BCUT2D eigenvalue weighted by molar-refractivity contribution is -0.146. The summed E-state index contributed by atoms with van der Waals surface area (Å²) in [5, 5.41) is 3.50. The fraction of sp³-hybridized carbons (Fsp3) is 0.579. The molecule has 1 saturated heterocycles. The molecule has 1 aromatic rings. The van der Waals surface area contributed by atoms with Crippen LogP contribution in [0.2, 0.25) is 0 Å². The molecule has 0 radical (unpaired) electrons. The van der Waals surface area contributed by atoms with Crippen molar-refractivity contribution in [2.75, 3.05) is 33.8 Å². The van der Waals surface area contributed by atoms with Gasteiger partial charge in [-0.15, -0.1) is 24.0 Å². The van der Waals surface area contributed by atoms with Crippen molar-refractivity contribution in [3.8, 4) is 0 Å². The maximum absolute atomic E-state index is 11.6. The van der Waals surface area contributed by atoms with E-state index in [1.807, 2.05) is 13.1 Å². The first kappa shape index (κ1) is 21.7. The number of likely N-dealkylation sites (tertiary alicyclic amines) is 1. The van der Waals surface area contributed by atoms with Crippen LogP contribution in [0.1, 0.15) is 32.3 Å². The predicted octanol–water partition coefficient (Wildman–Crippen LogP) is 3.04. The second kappa shape index (κ2) is 9.99. The Kier molecular flexibility index (Phi) is 8.68. The van der Waals surface area contributed by atoms with Gasteiger partial charge in [0.25, 0.3) is 0 Å². The summed E-state index contributed by atoms with van der Waals surface area (Å²) >= 11 is 0. The second-order valence-corrected chi connectivity index (χ2v) is 6.94. The second-order valence-electron chi connectivity index (χ2n) is 6.94. The van der Waals surface area contributed by atoms with Gasteiger partial charge in [-0.3, -0.25) is 9.79 Å². The molecule has 0 aliphatic carbocycles. The molecule has 6 heteroatoms. The Bertz CT molecular complexity index is 567. The van der Waals surface area contributed by atoms with Gasteiger partial charge in [0.15, 0.2) is 5.96 Å². The monoisotopic (exact) mass is 459 g/mol. The molecule has 140 valence electrons. The first-order valence-corrected chi connectivity index (χ1v) is 8.57. The molecule has 1 aliphatic heterocycles. The number of carbonyl (C=O) groups excluding carboxylic acids is 1. The number of aliphatic imine (C=N–C) groups is 1. The zero-order chi connectivity index (χ0) is 17.6. The third-order valence-electron chi connectivity index (χ3n) is 4.78. The summed E-state index contributed by atoms with van der Waals surface area (Å²) in [5.74, 6) is 0.829. The fourth-order valence-corrected chi connectivity index (χ4v) is 3.12. The third kappa shape index (κ3) is 5.87. The quantitative estimate of drug-likeness (QED) is 0.326. The Morgan fingerprint density at radius 2 is 1.88 bits per heavy atom. The Morgan fingerprint density at radius 1 is 1.28 bits per heavy atom. The summed E-state index contributed by atoms with van der Waals surface area (Å²) < 4.78 is 4.85. The van der Waals surface area contributed by atoms with Crippen LogP contribution in [0.4, 0.5) is 0 Å². The number of guanidine groups is 1. The van der Waals surface area contributed by atoms with E-state index in [4.69, 9.17) is 4.74 Å². The van der Waals surface area contributed by atoms with E-state index in [2.05, 4.69) is 53.3 Å². The lowest BCUT2D eigenvalue weighted by atomic mass is 9.85. The Balaban J connectivity index is 0.00000312. The lowest BCUT2D eigenvalue weighted by Gasteiger charge is -2.35. The summed E-state index contributed by atoms with van der Waals surface area (Å²) in [6.45, 7) is 6.91. The number of esters is 1. The lowest BCUT2D eigenvalue weighted by Crippen LogP contribution is -2.49. The van der Waals surface area contributed by atoms with Crippen molar-refractivity contribution in [3.05, 3.63) is 35.9 Å². The van der Waals surface area contributed by atoms with Crippen molar-refractivity contribution >= 4 is 35.9 Å². The van der Waals surface area contributed by atoms with Crippen LogP contribution < -0.4 is 5.32 Å². The highest BCUT2D eigenvalue weighted by Gasteiger charge is 2.28. The number of hydrogen-bond donors (Lipinski definition) is 1. The van der Waals surface area contributed by atoms with Crippen LogP contribution in [0.15, 0.2) is 35.3 Å². The van der Waals surface area contributed by atoms with E-state index in [9.17, 15) is 4.79 Å². The number of carbonyl (C=O) groups is 1. The summed E-state index contributed by atoms with van der Waals surface area (Å²) in [7, 11) is 3.27. The smallest absolute Gasteiger partial charge is 0.308 e. The SMILES string of the molecule is CN=C(NCC(C)(C)c1ccccc1)N1CCC(C(=O)OC)CC1.I. The van der Waals surface area contributed by atoms with Crippen molar-refractivity contribution in [3.63, 3.8) is 0 Å². The van der Waals surface area contributed by atoms with Crippen LogP contribution >= 0.6 is 24.0 Å². The molecule has 0 aromatic heterocycles. The summed E-state index contributed by atoms with van der Waals surface area (Å²) in [6.07, 6.45) is 1.63. The van der Waals surface area contributed by atoms with Gasteiger partial charge >= 0.3 is 5.97 Å².